The molecule has 1 aromatic carbocycles. The molecule has 2 N–H and O–H groups in total. The van der Waals surface area contributed by atoms with Gasteiger partial charge in [0.05, 0.1) is 6.10 Å². The Hall–Kier alpha value is -0.810. The molecule has 1 fully saturated rings. The molecule has 0 spiro atoms. The fourth-order valence-corrected chi connectivity index (χ4v) is 2.30. The Balaban J connectivity index is 1.69. The lowest BCUT2D eigenvalue weighted by Crippen LogP contribution is -2.41. The summed E-state index contributed by atoms with van der Waals surface area (Å²) >= 11 is 5.78. The van der Waals surface area contributed by atoms with Crippen molar-refractivity contribution in [2.45, 2.75) is 25.0 Å². The van der Waals surface area contributed by atoms with Gasteiger partial charge in [-0.05, 0) is 37.1 Å². The number of nitrogens with zero attached hydrogens (tertiary/aromatic N) is 1. The van der Waals surface area contributed by atoms with Gasteiger partial charge in [0.25, 0.3) is 0 Å². The van der Waals surface area contributed by atoms with Crippen molar-refractivity contribution in [3.05, 3.63) is 29.3 Å². The van der Waals surface area contributed by atoms with Crippen molar-refractivity contribution in [2.24, 2.45) is 0 Å². The topological polar surface area (TPSA) is 52.9 Å². The average Bonchev–Trinajstić information content (AvgIpc) is 2.41. The highest BCUT2D eigenvalue weighted by molar-refractivity contribution is 6.30. The van der Waals surface area contributed by atoms with E-state index >= 15 is 0 Å². The van der Waals surface area contributed by atoms with E-state index < -0.39 is 6.10 Å². The van der Waals surface area contributed by atoms with Crippen molar-refractivity contribution in [1.29, 1.82) is 0 Å². The van der Waals surface area contributed by atoms with Crippen LogP contribution in [0.4, 0.5) is 0 Å². The van der Waals surface area contributed by atoms with E-state index in [1.54, 1.807) is 24.3 Å². The molecule has 1 heterocycles. The monoisotopic (exact) mass is 285 g/mol. The molecule has 19 heavy (non-hydrogen) atoms. The normalized spacial score (nSPS) is 19.3. The van der Waals surface area contributed by atoms with Gasteiger partial charge in [-0.15, -0.1) is 0 Å². The molecular weight excluding hydrogens is 266 g/mol. The molecule has 1 aliphatic rings. The second-order valence-electron chi connectivity index (χ2n) is 4.95. The lowest BCUT2D eigenvalue weighted by molar-refractivity contribution is 0.0338. The number of halogens is 1. The summed E-state index contributed by atoms with van der Waals surface area (Å²) in [5, 5.41) is 20.0. The van der Waals surface area contributed by atoms with Crippen LogP contribution in [0.25, 0.3) is 0 Å². The Bertz CT molecular complexity index is 377. The van der Waals surface area contributed by atoms with Gasteiger partial charge in [0.1, 0.15) is 18.5 Å². The predicted molar refractivity (Wildman–Crippen MR) is 74.6 cm³/mol. The van der Waals surface area contributed by atoms with Crippen molar-refractivity contribution in [3.63, 3.8) is 0 Å². The van der Waals surface area contributed by atoms with Gasteiger partial charge in [0, 0.05) is 24.7 Å². The van der Waals surface area contributed by atoms with Crippen molar-refractivity contribution in [3.8, 4) is 5.75 Å². The number of likely N-dealkylation sites (tertiary alicyclic amines) is 1. The molecule has 0 bridgehead atoms. The van der Waals surface area contributed by atoms with Crippen LogP contribution in [-0.2, 0) is 0 Å². The molecule has 2 rings (SSSR count). The Morgan fingerprint density at radius 2 is 1.89 bits per heavy atom. The van der Waals surface area contributed by atoms with Gasteiger partial charge < -0.3 is 19.8 Å². The zero-order valence-corrected chi connectivity index (χ0v) is 11.6. The van der Waals surface area contributed by atoms with Crippen LogP contribution in [0, 0.1) is 0 Å². The number of hydrogen-bond acceptors (Lipinski definition) is 4. The van der Waals surface area contributed by atoms with Crippen LogP contribution in [0.15, 0.2) is 24.3 Å². The maximum atomic E-state index is 9.93. The lowest BCUT2D eigenvalue weighted by Gasteiger charge is -2.30. The van der Waals surface area contributed by atoms with Crippen molar-refractivity contribution < 1.29 is 14.9 Å². The fourth-order valence-electron chi connectivity index (χ4n) is 2.18. The zero-order valence-electron chi connectivity index (χ0n) is 10.8. The van der Waals surface area contributed by atoms with Crippen LogP contribution in [-0.4, -0.2) is 53.6 Å². The highest BCUT2D eigenvalue weighted by Crippen LogP contribution is 2.16. The highest BCUT2D eigenvalue weighted by Gasteiger charge is 2.19. The molecule has 0 aromatic heterocycles. The molecule has 0 saturated carbocycles. The van der Waals surface area contributed by atoms with Crippen molar-refractivity contribution in [2.75, 3.05) is 26.2 Å². The summed E-state index contributed by atoms with van der Waals surface area (Å²) in [6.07, 6.45) is 0.861. The Labute approximate surface area is 118 Å². The predicted octanol–water partition coefficient (Wildman–Crippen LogP) is 1.54. The Kier molecular flexibility index (Phi) is 5.45. The first kappa shape index (κ1) is 14.6. The van der Waals surface area contributed by atoms with E-state index in [1.807, 2.05) is 0 Å². The van der Waals surface area contributed by atoms with Gasteiger partial charge in [-0.25, -0.2) is 0 Å². The average molecular weight is 286 g/mol. The fraction of sp³-hybridized carbons (Fsp3) is 0.571. The number of aliphatic hydroxyl groups excluding tert-OH is 2. The van der Waals surface area contributed by atoms with Gasteiger partial charge in [0.15, 0.2) is 0 Å². The summed E-state index contributed by atoms with van der Waals surface area (Å²) in [4.78, 5) is 2.16. The molecule has 1 saturated heterocycles. The van der Waals surface area contributed by atoms with Crippen LogP contribution in [0.2, 0.25) is 5.02 Å². The molecular formula is C14H20ClNO3. The standard InChI is InChI=1S/C14H20ClNO3/c15-11-1-3-14(4-2-11)19-10-13(18)9-16-7-5-12(17)6-8-16/h1-4,12-13,17-18H,5-10H2. The van der Waals surface area contributed by atoms with E-state index in [-0.39, 0.29) is 12.7 Å². The SMILES string of the molecule is OC1CCN(CC(O)COc2ccc(Cl)cc2)CC1. The number of rotatable bonds is 5. The number of piperidine rings is 1. The minimum absolute atomic E-state index is 0.182. The van der Waals surface area contributed by atoms with E-state index in [1.165, 1.54) is 0 Å². The molecule has 1 atom stereocenters. The van der Waals surface area contributed by atoms with E-state index in [9.17, 15) is 10.2 Å². The van der Waals surface area contributed by atoms with Crippen LogP contribution in [0.3, 0.4) is 0 Å². The molecule has 1 unspecified atom stereocenters. The first-order valence-corrected chi connectivity index (χ1v) is 6.98. The van der Waals surface area contributed by atoms with Crippen LogP contribution in [0.5, 0.6) is 5.75 Å². The molecule has 0 radical (unpaired) electrons. The molecule has 0 amide bonds. The van der Waals surface area contributed by atoms with Gasteiger partial charge in [-0.1, -0.05) is 11.6 Å². The van der Waals surface area contributed by atoms with Crippen LogP contribution in [0.1, 0.15) is 12.8 Å². The lowest BCUT2D eigenvalue weighted by atomic mass is 10.1. The second kappa shape index (κ2) is 7.10. The Morgan fingerprint density at radius 3 is 2.53 bits per heavy atom. The molecule has 5 heteroatoms. The zero-order chi connectivity index (χ0) is 13.7. The third kappa shape index (κ3) is 4.99. The number of ether oxygens (including phenoxy) is 1. The second-order valence-corrected chi connectivity index (χ2v) is 5.39. The minimum Gasteiger partial charge on any atom is -0.491 e. The molecule has 1 aromatic rings. The van der Waals surface area contributed by atoms with E-state index in [0.717, 1.165) is 25.9 Å². The van der Waals surface area contributed by atoms with Gasteiger partial charge in [-0.2, -0.15) is 0 Å². The summed E-state index contributed by atoms with van der Waals surface area (Å²) < 4.78 is 5.50. The number of aliphatic hydroxyl groups is 2. The molecule has 1 aliphatic heterocycles. The summed E-state index contributed by atoms with van der Waals surface area (Å²) in [5.41, 5.74) is 0. The van der Waals surface area contributed by atoms with Gasteiger partial charge in [0.2, 0.25) is 0 Å². The summed E-state index contributed by atoms with van der Waals surface area (Å²) in [7, 11) is 0. The van der Waals surface area contributed by atoms with Crippen molar-refractivity contribution >= 4 is 11.6 Å². The summed E-state index contributed by atoms with van der Waals surface area (Å²) in [6, 6.07) is 7.09. The first-order chi connectivity index (χ1) is 9.13. The smallest absolute Gasteiger partial charge is 0.119 e. The maximum absolute atomic E-state index is 9.93. The van der Waals surface area contributed by atoms with Crippen LogP contribution >= 0.6 is 11.6 Å². The largest absolute Gasteiger partial charge is 0.491 e. The van der Waals surface area contributed by atoms with E-state index in [2.05, 4.69) is 4.90 Å². The van der Waals surface area contributed by atoms with E-state index in [0.29, 0.717) is 17.3 Å². The van der Waals surface area contributed by atoms with E-state index in [4.69, 9.17) is 16.3 Å². The summed E-state index contributed by atoms with van der Waals surface area (Å²) in [5.74, 6) is 0.706. The number of β-amino-alcohol motifs (C(OH)–C–C–N with tert-alkyl or cyclic N) is 1. The highest BCUT2D eigenvalue weighted by atomic mass is 35.5. The first-order valence-electron chi connectivity index (χ1n) is 6.60. The van der Waals surface area contributed by atoms with Crippen LogP contribution < -0.4 is 4.74 Å². The molecule has 4 nitrogen and oxygen atoms in total. The molecule has 106 valence electrons. The van der Waals surface area contributed by atoms with Crippen molar-refractivity contribution in [1.82, 2.24) is 4.90 Å². The van der Waals surface area contributed by atoms with Gasteiger partial charge >= 0.3 is 0 Å². The summed E-state index contributed by atoms with van der Waals surface area (Å²) in [6.45, 7) is 2.51. The number of hydrogen-bond donors (Lipinski definition) is 2. The Morgan fingerprint density at radius 1 is 1.26 bits per heavy atom. The maximum Gasteiger partial charge on any atom is 0.119 e. The molecule has 0 aliphatic carbocycles. The van der Waals surface area contributed by atoms with Gasteiger partial charge in [-0.3, -0.25) is 0 Å². The number of benzene rings is 1. The third-order valence-corrected chi connectivity index (χ3v) is 3.53. The minimum atomic E-state index is -0.522. The quantitative estimate of drug-likeness (QED) is 0.862. The third-order valence-electron chi connectivity index (χ3n) is 3.28.